The average molecular weight is 312 g/mol. The summed E-state index contributed by atoms with van der Waals surface area (Å²) in [6.07, 6.45) is 0. The summed E-state index contributed by atoms with van der Waals surface area (Å²) in [5.74, 6) is 4.28. The van der Waals surface area contributed by atoms with Gasteiger partial charge in [-0.1, -0.05) is 23.2 Å². The number of sulfonamides is 1. The van der Waals surface area contributed by atoms with Crippen molar-refractivity contribution in [1.82, 2.24) is 10.2 Å². The number of aromatic nitrogens is 2. The van der Waals surface area contributed by atoms with Crippen molar-refractivity contribution in [3.8, 4) is 11.8 Å². The fraction of sp³-hybridized carbons (Fsp3) is 0.0909. The van der Waals surface area contributed by atoms with Crippen molar-refractivity contribution in [2.75, 3.05) is 11.3 Å². The molecule has 0 bridgehead atoms. The van der Waals surface area contributed by atoms with Crippen molar-refractivity contribution in [3.63, 3.8) is 0 Å². The van der Waals surface area contributed by atoms with Gasteiger partial charge in [0.1, 0.15) is 11.3 Å². The number of rotatable bonds is 3. The third-order valence-corrected chi connectivity index (χ3v) is 4.23. The maximum absolute atomic E-state index is 13.7. The first kappa shape index (κ1) is 14.4. The van der Waals surface area contributed by atoms with Crippen LogP contribution in [0.2, 0.25) is 0 Å². The molecule has 1 heterocycles. The van der Waals surface area contributed by atoms with E-state index in [1.807, 2.05) is 0 Å². The maximum Gasteiger partial charge on any atom is 0.263 e. The second-order valence-corrected chi connectivity index (χ2v) is 6.01. The van der Waals surface area contributed by atoms with Crippen LogP contribution >= 0.6 is 11.3 Å². The predicted octanol–water partition coefficient (Wildman–Crippen LogP) is 0.788. The zero-order chi connectivity index (χ0) is 14.6. The summed E-state index contributed by atoms with van der Waals surface area (Å²) in [6.45, 7) is 0.0953. The molecule has 0 aliphatic carbocycles. The van der Waals surface area contributed by atoms with Crippen LogP contribution in [-0.2, 0) is 10.0 Å². The second kappa shape index (κ2) is 5.96. The minimum absolute atomic E-state index is 0.0883. The van der Waals surface area contributed by atoms with Crippen LogP contribution in [-0.4, -0.2) is 25.2 Å². The molecule has 0 saturated heterocycles. The molecule has 0 fully saturated rings. The molecule has 0 radical (unpaired) electrons. The van der Waals surface area contributed by atoms with Gasteiger partial charge < -0.3 is 5.73 Å². The molecular weight excluding hydrogens is 303 g/mol. The first-order valence-corrected chi connectivity index (χ1v) is 7.66. The van der Waals surface area contributed by atoms with Gasteiger partial charge in [-0.3, -0.25) is 4.72 Å². The lowest BCUT2D eigenvalue weighted by Gasteiger charge is -2.05. The summed E-state index contributed by atoms with van der Waals surface area (Å²) in [5.41, 5.74) is 6.65. The molecular formula is C11H9FN4O2S2. The van der Waals surface area contributed by atoms with E-state index < -0.39 is 15.8 Å². The molecule has 104 valence electrons. The molecule has 0 unspecified atom stereocenters. The molecule has 9 heteroatoms. The van der Waals surface area contributed by atoms with Crippen LogP contribution in [0.3, 0.4) is 0 Å². The zero-order valence-electron chi connectivity index (χ0n) is 10.00. The van der Waals surface area contributed by atoms with Crippen molar-refractivity contribution in [2.24, 2.45) is 5.73 Å². The van der Waals surface area contributed by atoms with Crippen LogP contribution in [0.1, 0.15) is 5.56 Å². The molecule has 0 saturated carbocycles. The summed E-state index contributed by atoms with van der Waals surface area (Å²) < 4.78 is 39.9. The van der Waals surface area contributed by atoms with Gasteiger partial charge in [0, 0.05) is 0 Å². The molecule has 0 atom stereocenters. The minimum atomic E-state index is -3.90. The highest BCUT2D eigenvalue weighted by Crippen LogP contribution is 2.19. The lowest BCUT2D eigenvalue weighted by molar-refractivity contribution is 0.594. The Balaban J connectivity index is 2.31. The fourth-order valence-electron chi connectivity index (χ4n) is 1.30. The monoisotopic (exact) mass is 312 g/mol. The second-order valence-electron chi connectivity index (χ2n) is 3.50. The first-order chi connectivity index (χ1) is 9.53. The highest BCUT2D eigenvalue weighted by atomic mass is 32.2. The van der Waals surface area contributed by atoms with E-state index >= 15 is 0 Å². The molecule has 0 spiro atoms. The summed E-state index contributed by atoms with van der Waals surface area (Å²) in [6, 6.07) is 3.43. The Morgan fingerprint density at radius 3 is 2.85 bits per heavy atom. The van der Waals surface area contributed by atoms with E-state index in [4.69, 9.17) is 5.73 Å². The Kier molecular flexibility index (Phi) is 4.29. The molecule has 1 aromatic heterocycles. The maximum atomic E-state index is 13.7. The molecule has 2 aromatic rings. The van der Waals surface area contributed by atoms with Crippen molar-refractivity contribution >= 4 is 26.5 Å². The van der Waals surface area contributed by atoms with Gasteiger partial charge in [-0.05, 0) is 18.2 Å². The van der Waals surface area contributed by atoms with Crippen LogP contribution in [0.15, 0.2) is 28.6 Å². The van der Waals surface area contributed by atoms with Crippen molar-refractivity contribution < 1.29 is 12.8 Å². The predicted molar refractivity (Wildman–Crippen MR) is 73.0 cm³/mol. The molecule has 3 N–H and O–H groups in total. The zero-order valence-corrected chi connectivity index (χ0v) is 11.6. The Hall–Kier alpha value is -2.02. The summed E-state index contributed by atoms with van der Waals surface area (Å²) in [4.78, 5) is -0.219. The molecule has 2 rings (SSSR count). The number of anilines is 1. The van der Waals surface area contributed by atoms with Gasteiger partial charge in [-0.15, -0.1) is 10.2 Å². The Morgan fingerprint density at radius 1 is 1.45 bits per heavy atom. The van der Waals surface area contributed by atoms with Gasteiger partial charge in [0.15, 0.2) is 0 Å². The van der Waals surface area contributed by atoms with Gasteiger partial charge in [-0.2, -0.15) is 0 Å². The van der Waals surface area contributed by atoms with E-state index in [1.54, 1.807) is 0 Å². The number of benzene rings is 1. The SMILES string of the molecule is NCC#Cc1ccc(S(=O)(=O)Nc2nncs2)cc1F. The number of nitrogens with one attached hydrogen (secondary N) is 1. The molecule has 1 aromatic carbocycles. The lowest BCUT2D eigenvalue weighted by Crippen LogP contribution is -2.13. The van der Waals surface area contributed by atoms with E-state index in [1.165, 1.54) is 17.6 Å². The minimum Gasteiger partial charge on any atom is -0.320 e. The van der Waals surface area contributed by atoms with Gasteiger partial charge in [-0.25, -0.2) is 12.8 Å². The highest BCUT2D eigenvalue weighted by Gasteiger charge is 2.17. The number of halogens is 1. The van der Waals surface area contributed by atoms with Gasteiger partial charge in [0.25, 0.3) is 10.0 Å². The average Bonchev–Trinajstić information content (AvgIpc) is 2.89. The van der Waals surface area contributed by atoms with Crippen molar-refractivity contribution in [3.05, 3.63) is 35.1 Å². The number of nitrogens with two attached hydrogens (primary N) is 1. The van der Waals surface area contributed by atoms with E-state index in [0.29, 0.717) is 0 Å². The van der Waals surface area contributed by atoms with E-state index in [0.717, 1.165) is 17.4 Å². The van der Waals surface area contributed by atoms with Gasteiger partial charge in [0.05, 0.1) is 17.0 Å². The Bertz CT molecular complexity index is 763. The number of hydrogen-bond donors (Lipinski definition) is 2. The summed E-state index contributed by atoms with van der Waals surface area (Å²) in [7, 11) is -3.90. The Morgan fingerprint density at radius 2 is 2.25 bits per heavy atom. The third-order valence-electron chi connectivity index (χ3n) is 2.16. The molecule has 20 heavy (non-hydrogen) atoms. The first-order valence-electron chi connectivity index (χ1n) is 5.30. The van der Waals surface area contributed by atoms with Crippen LogP contribution in [0, 0.1) is 17.7 Å². The molecule has 0 aliphatic rings. The number of nitrogens with zero attached hydrogens (tertiary/aromatic N) is 2. The number of hydrogen-bond acceptors (Lipinski definition) is 6. The topological polar surface area (TPSA) is 98.0 Å². The summed E-state index contributed by atoms with van der Waals surface area (Å²) in [5, 5.41) is 7.17. The largest absolute Gasteiger partial charge is 0.320 e. The van der Waals surface area contributed by atoms with Crippen LogP contribution in [0.5, 0.6) is 0 Å². The van der Waals surface area contributed by atoms with E-state index in [9.17, 15) is 12.8 Å². The smallest absolute Gasteiger partial charge is 0.263 e. The van der Waals surface area contributed by atoms with Crippen molar-refractivity contribution in [1.29, 1.82) is 0 Å². The molecule has 0 amide bonds. The quantitative estimate of drug-likeness (QED) is 0.817. The normalized spacial score (nSPS) is 10.7. The van der Waals surface area contributed by atoms with Gasteiger partial charge >= 0.3 is 0 Å². The molecule has 0 aliphatic heterocycles. The van der Waals surface area contributed by atoms with Crippen LogP contribution in [0.25, 0.3) is 0 Å². The van der Waals surface area contributed by atoms with Gasteiger partial charge in [0.2, 0.25) is 5.13 Å². The molecule has 6 nitrogen and oxygen atoms in total. The van der Waals surface area contributed by atoms with Crippen LogP contribution < -0.4 is 10.5 Å². The standard InChI is InChI=1S/C11H9FN4O2S2/c12-10-6-9(4-3-8(10)2-1-5-13)20(17,18)16-11-15-14-7-19-11/h3-4,6-7H,5,13H2,(H,15,16). The highest BCUT2D eigenvalue weighted by molar-refractivity contribution is 7.93. The third kappa shape index (κ3) is 3.30. The van der Waals surface area contributed by atoms with E-state index in [-0.39, 0.29) is 22.1 Å². The lowest BCUT2D eigenvalue weighted by atomic mass is 10.2. The van der Waals surface area contributed by atoms with Crippen molar-refractivity contribution in [2.45, 2.75) is 4.90 Å². The van der Waals surface area contributed by atoms with Crippen LogP contribution in [0.4, 0.5) is 9.52 Å². The Labute approximate surface area is 118 Å². The summed E-state index contributed by atoms with van der Waals surface area (Å²) >= 11 is 1.02. The fourth-order valence-corrected chi connectivity index (χ4v) is 3.01. The van der Waals surface area contributed by atoms with E-state index in [2.05, 4.69) is 26.8 Å².